The van der Waals surface area contributed by atoms with Crippen LogP contribution in [0.1, 0.15) is 38.2 Å². The highest BCUT2D eigenvalue weighted by Gasteiger charge is 2.22. The molecule has 0 aliphatic carbocycles. The second-order valence-corrected chi connectivity index (χ2v) is 6.33. The first-order valence-corrected chi connectivity index (χ1v) is 8.68. The molecule has 1 aromatic carbocycles. The lowest BCUT2D eigenvalue weighted by molar-refractivity contribution is 0.267. The van der Waals surface area contributed by atoms with Crippen LogP contribution in [0.4, 0.5) is 8.78 Å². The SMILES string of the molecule is CCN1CCCC1CNC(=NC)NCC(C)c1ccc(F)c(F)c1. The molecule has 4 nitrogen and oxygen atoms in total. The zero-order valence-corrected chi connectivity index (χ0v) is 14.8. The van der Waals surface area contributed by atoms with E-state index in [0.29, 0.717) is 12.6 Å². The Kier molecular flexibility index (Phi) is 6.97. The Hall–Kier alpha value is -1.69. The van der Waals surface area contributed by atoms with E-state index in [4.69, 9.17) is 0 Å². The monoisotopic (exact) mass is 338 g/mol. The minimum absolute atomic E-state index is 0.0530. The Balaban J connectivity index is 1.81. The fourth-order valence-corrected chi connectivity index (χ4v) is 3.16. The summed E-state index contributed by atoms with van der Waals surface area (Å²) in [5.41, 5.74) is 0.768. The van der Waals surface area contributed by atoms with Crippen LogP contribution >= 0.6 is 0 Å². The molecule has 6 heteroatoms. The lowest BCUT2D eigenvalue weighted by Crippen LogP contribution is -2.45. The molecule has 1 aliphatic heterocycles. The van der Waals surface area contributed by atoms with Gasteiger partial charge in [-0.25, -0.2) is 8.78 Å². The summed E-state index contributed by atoms with van der Waals surface area (Å²) < 4.78 is 26.3. The van der Waals surface area contributed by atoms with Crippen LogP contribution in [0.2, 0.25) is 0 Å². The van der Waals surface area contributed by atoms with Crippen molar-refractivity contribution in [2.45, 2.75) is 38.6 Å². The first-order valence-electron chi connectivity index (χ1n) is 8.68. The maximum atomic E-state index is 13.3. The van der Waals surface area contributed by atoms with Gasteiger partial charge in [0.2, 0.25) is 0 Å². The van der Waals surface area contributed by atoms with Crippen LogP contribution in [-0.2, 0) is 0 Å². The summed E-state index contributed by atoms with van der Waals surface area (Å²) in [6.07, 6.45) is 2.46. The average Bonchev–Trinajstić information content (AvgIpc) is 3.04. The fourth-order valence-electron chi connectivity index (χ4n) is 3.16. The van der Waals surface area contributed by atoms with Crippen molar-refractivity contribution in [1.29, 1.82) is 0 Å². The number of hydrogen-bond acceptors (Lipinski definition) is 2. The lowest BCUT2D eigenvalue weighted by Gasteiger charge is -2.24. The van der Waals surface area contributed by atoms with E-state index in [1.54, 1.807) is 13.1 Å². The van der Waals surface area contributed by atoms with E-state index in [1.807, 2.05) is 6.92 Å². The number of guanidine groups is 1. The minimum Gasteiger partial charge on any atom is -0.356 e. The van der Waals surface area contributed by atoms with E-state index in [9.17, 15) is 8.78 Å². The van der Waals surface area contributed by atoms with E-state index < -0.39 is 11.6 Å². The van der Waals surface area contributed by atoms with Crippen molar-refractivity contribution in [1.82, 2.24) is 15.5 Å². The van der Waals surface area contributed by atoms with Gasteiger partial charge in [-0.15, -0.1) is 0 Å². The summed E-state index contributed by atoms with van der Waals surface area (Å²) in [6.45, 7) is 7.88. The van der Waals surface area contributed by atoms with E-state index in [0.717, 1.165) is 24.6 Å². The highest BCUT2D eigenvalue weighted by molar-refractivity contribution is 5.79. The second-order valence-electron chi connectivity index (χ2n) is 6.33. The van der Waals surface area contributed by atoms with Crippen molar-refractivity contribution in [2.75, 3.05) is 33.2 Å². The van der Waals surface area contributed by atoms with Gasteiger partial charge in [-0.1, -0.05) is 19.9 Å². The number of nitrogens with one attached hydrogen (secondary N) is 2. The van der Waals surface area contributed by atoms with Crippen molar-refractivity contribution in [3.63, 3.8) is 0 Å². The Morgan fingerprint density at radius 1 is 1.33 bits per heavy atom. The molecule has 0 saturated carbocycles. The Morgan fingerprint density at radius 2 is 2.12 bits per heavy atom. The van der Waals surface area contributed by atoms with E-state index in [1.165, 1.54) is 31.5 Å². The largest absolute Gasteiger partial charge is 0.356 e. The van der Waals surface area contributed by atoms with Gasteiger partial charge in [0.05, 0.1) is 0 Å². The summed E-state index contributed by atoms with van der Waals surface area (Å²) in [6, 6.07) is 4.61. The fraction of sp³-hybridized carbons (Fsp3) is 0.611. The first-order chi connectivity index (χ1) is 11.5. The molecule has 1 aliphatic rings. The Labute approximate surface area is 143 Å². The summed E-state index contributed by atoms with van der Waals surface area (Å²) in [4.78, 5) is 6.72. The van der Waals surface area contributed by atoms with Gasteiger partial charge in [0.1, 0.15) is 0 Å². The predicted molar refractivity (Wildman–Crippen MR) is 94.4 cm³/mol. The number of rotatable bonds is 6. The highest BCUT2D eigenvalue weighted by Crippen LogP contribution is 2.17. The smallest absolute Gasteiger partial charge is 0.191 e. The molecule has 2 unspecified atom stereocenters. The van der Waals surface area contributed by atoms with Crippen LogP contribution in [0.15, 0.2) is 23.2 Å². The Morgan fingerprint density at radius 3 is 2.79 bits per heavy atom. The molecule has 1 saturated heterocycles. The summed E-state index contributed by atoms with van der Waals surface area (Å²) in [5.74, 6) is -0.819. The molecular weight excluding hydrogens is 310 g/mol. The predicted octanol–water partition coefficient (Wildman–Crippen LogP) is 2.72. The Bertz CT molecular complexity index is 562. The van der Waals surface area contributed by atoms with Crippen LogP contribution in [0.3, 0.4) is 0 Å². The lowest BCUT2D eigenvalue weighted by atomic mass is 10.0. The number of hydrogen-bond donors (Lipinski definition) is 2. The van der Waals surface area contributed by atoms with Crippen molar-refractivity contribution >= 4 is 5.96 Å². The molecule has 2 rings (SSSR count). The number of likely N-dealkylation sites (N-methyl/N-ethyl adjacent to an activating group) is 1. The molecule has 1 heterocycles. The van der Waals surface area contributed by atoms with Gasteiger partial charge in [0.25, 0.3) is 0 Å². The van der Waals surface area contributed by atoms with Crippen LogP contribution in [0, 0.1) is 11.6 Å². The van der Waals surface area contributed by atoms with Gasteiger partial charge in [-0.2, -0.15) is 0 Å². The number of likely N-dealkylation sites (tertiary alicyclic amines) is 1. The first kappa shape index (κ1) is 18.6. The van der Waals surface area contributed by atoms with Gasteiger partial charge >= 0.3 is 0 Å². The molecule has 134 valence electrons. The molecule has 0 aromatic heterocycles. The maximum absolute atomic E-state index is 13.3. The van der Waals surface area contributed by atoms with Gasteiger partial charge < -0.3 is 10.6 Å². The molecule has 24 heavy (non-hydrogen) atoms. The van der Waals surface area contributed by atoms with Crippen LogP contribution < -0.4 is 10.6 Å². The van der Waals surface area contributed by atoms with E-state index in [-0.39, 0.29) is 5.92 Å². The maximum Gasteiger partial charge on any atom is 0.191 e. The second kappa shape index (κ2) is 8.97. The third kappa shape index (κ3) is 4.90. The average molecular weight is 338 g/mol. The topological polar surface area (TPSA) is 39.7 Å². The molecule has 1 fully saturated rings. The molecule has 2 N–H and O–H groups in total. The molecular formula is C18H28F2N4. The van der Waals surface area contributed by atoms with Crippen LogP contribution in [0.5, 0.6) is 0 Å². The van der Waals surface area contributed by atoms with Crippen LogP contribution in [-0.4, -0.2) is 50.1 Å². The number of aliphatic imine (C=N–C) groups is 1. The number of benzene rings is 1. The summed E-state index contributed by atoms with van der Waals surface area (Å²) >= 11 is 0. The van der Waals surface area contributed by atoms with Gasteiger partial charge in [-0.05, 0) is 49.5 Å². The van der Waals surface area contributed by atoms with Crippen molar-refractivity contribution < 1.29 is 8.78 Å². The standard InChI is InChI=1S/C18H28F2N4/c1-4-24-9-5-6-15(24)12-23-18(21-3)22-11-13(2)14-7-8-16(19)17(20)10-14/h7-8,10,13,15H,4-6,9,11-12H2,1-3H3,(H2,21,22,23). The molecule has 0 amide bonds. The zero-order valence-electron chi connectivity index (χ0n) is 14.8. The zero-order chi connectivity index (χ0) is 17.5. The van der Waals surface area contributed by atoms with Gasteiger partial charge in [0.15, 0.2) is 17.6 Å². The molecule has 1 aromatic rings. The number of halogens is 2. The van der Waals surface area contributed by atoms with Crippen molar-refractivity contribution in [3.05, 3.63) is 35.4 Å². The van der Waals surface area contributed by atoms with Gasteiger partial charge in [-0.3, -0.25) is 9.89 Å². The normalized spacial score (nSPS) is 20.2. The highest BCUT2D eigenvalue weighted by atomic mass is 19.2. The molecule has 0 bridgehead atoms. The van der Waals surface area contributed by atoms with Crippen molar-refractivity contribution in [2.24, 2.45) is 4.99 Å². The molecule has 0 spiro atoms. The van der Waals surface area contributed by atoms with Crippen LogP contribution in [0.25, 0.3) is 0 Å². The third-order valence-electron chi connectivity index (χ3n) is 4.72. The summed E-state index contributed by atoms with van der Waals surface area (Å²) in [7, 11) is 1.74. The number of nitrogens with zero attached hydrogens (tertiary/aromatic N) is 2. The van der Waals surface area contributed by atoms with Crippen molar-refractivity contribution in [3.8, 4) is 0 Å². The molecule has 0 radical (unpaired) electrons. The third-order valence-corrected chi connectivity index (χ3v) is 4.72. The van der Waals surface area contributed by atoms with Gasteiger partial charge in [0, 0.05) is 26.2 Å². The van der Waals surface area contributed by atoms with E-state index in [2.05, 4.69) is 27.4 Å². The molecule has 2 atom stereocenters. The van der Waals surface area contributed by atoms with E-state index >= 15 is 0 Å². The minimum atomic E-state index is -0.812. The quantitative estimate of drug-likeness (QED) is 0.619. The summed E-state index contributed by atoms with van der Waals surface area (Å²) in [5, 5.41) is 6.63.